The number of rotatable bonds is 3. The van der Waals surface area contributed by atoms with Crippen molar-refractivity contribution in [2.24, 2.45) is 0 Å². The van der Waals surface area contributed by atoms with E-state index in [2.05, 4.69) is 5.32 Å². The van der Waals surface area contributed by atoms with Crippen LogP contribution in [0.2, 0.25) is 0 Å². The molecule has 0 aliphatic rings. The zero-order chi connectivity index (χ0) is 13.8. The predicted molar refractivity (Wildman–Crippen MR) is 60.8 cm³/mol. The number of hydrogen-bond acceptors (Lipinski definition) is 2. The number of halogens is 3. The first-order valence-corrected chi connectivity index (χ1v) is 5.12. The summed E-state index contributed by atoms with van der Waals surface area (Å²) >= 11 is 0. The molecule has 0 unspecified atom stereocenters. The minimum atomic E-state index is -4.45. The maximum atomic E-state index is 12.4. The lowest BCUT2D eigenvalue weighted by molar-refractivity contribution is -0.137. The fourth-order valence-corrected chi connectivity index (χ4v) is 1.25. The number of hydrogen-bond donors (Lipinski definition) is 2. The summed E-state index contributed by atoms with van der Waals surface area (Å²) in [5.41, 5.74) is -0.783. The van der Waals surface area contributed by atoms with E-state index in [0.717, 1.165) is 18.2 Å². The standard InChI is InChI=1S/C12H12F3NO2/c1-8(17)16-6-2-3-9-7-10(12(13,14)15)4-5-11(9)18/h2-5,7,18H,6H2,1H3,(H,16,17). The number of carbonyl (C=O) groups excluding carboxylic acids is 1. The Morgan fingerprint density at radius 2 is 2.11 bits per heavy atom. The van der Waals surface area contributed by atoms with Crippen molar-refractivity contribution in [1.82, 2.24) is 5.32 Å². The smallest absolute Gasteiger partial charge is 0.416 e. The molecule has 0 spiro atoms. The molecule has 1 amide bonds. The van der Waals surface area contributed by atoms with E-state index >= 15 is 0 Å². The zero-order valence-electron chi connectivity index (χ0n) is 9.58. The van der Waals surface area contributed by atoms with Crippen molar-refractivity contribution in [3.63, 3.8) is 0 Å². The van der Waals surface area contributed by atoms with Gasteiger partial charge in [0.1, 0.15) is 5.75 Å². The molecule has 0 aliphatic carbocycles. The van der Waals surface area contributed by atoms with E-state index in [1.54, 1.807) is 0 Å². The molecule has 0 heterocycles. The number of amides is 1. The van der Waals surface area contributed by atoms with Gasteiger partial charge in [0.05, 0.1) is 5.56 Å². The third-order valence-corrected chi connectivity index (χ3v) is 2.12. The third-order valence-electron chi connectivity index (χ3n) is 2.12. The summed E-state index contributed by atoms with van der Waals surface area (Å²) in [6, 6.07) is 2.64. The number of aromatic hydroxyl groups is 1. The molecule has 0 aliphatic heterocycles. The molecular weight excluding hydrogens is 247 g/mol. The summed E-state index contributed by atoms with van der Waals surface area (Å²) in [4.78, 5) is 10.6. The molecule has 18 heavy (non-hydrogen) atoms. The van der Waals surface area contributed by atoms with Gasteiger partial charge >= 0.3 is 6.18 Å². The minimum Gasteiger partial charge on any atom is -0.507 e. The molecule has 0 aromatic heterocycles. The van der Waals surface area contributed by atoms with E-state index in [0.29, 0.717) is 0 Å². The number of alkyl halides is 3. The Balaban J connectivity index is 2.85. The van der Waals surface area contributed by atoms with Crippen LogP contribution in [0, 0.1) is 0 Å². The number of phenolic OH excluding ortho intramolecular Hbond substituents is 1. The Kier molecular flexibility index (Phi) is 4.36. The van der Waals surface area contributed by atoms with Gasteiger partial charge in [0.25, 0.3) is 0 Å². The van der Waals surface area contributed by atoms with E-state index < -0.39 is 11.7 Å². The Bertz CT molecular complexity index is 467. The first-order chi connectivity index (χ1) is 8.30. The van der Waals surface area contributed by atoms with Crippen LogP contribution in [-0.2, 0) is 11.0 Å². The van der Waals surface area contributed by atoms with Gasteiger partial charge in [-0.15, -0.1) is 0 Å². The quantitative estimate of drug-likeness (QED) is 0.876. The van der Waals surface area contributed by atoms with Crippen molar-refractivity contribution in [3.8, 4) is 5.75 Å². The summed E-state index contributed by atoms with van der Waals surface area (Å²) < 4.78 is 37.3. The fraction of sp³-hybridized carbons (Fsp3) is 0.250. The van der Waals surface area contributed by atoms with Crippen LogP contribution in [0.15, 0.2) is 24.3 Å². The third kappa shape index (κ3) is 4.12. The van der Waals surface area contributed by atoms with Gasteiger partial charge in [0.15, 0.2) is 0 Å². The molecule has 1 rings (SSSR count). The van der Waals surface area contributed by atoms with Crippen molar-refractivity contribution in [2.75, 3.05) is 6.54 Å². The largest absolute Gasteiger partial charge is 0.507 e. The van der Waals surface area contributed by atoms with E-state index in [1.165, 1.54) is 19.1 Å². The lowest BCUT2D eigenvalue weighted by Crippen LogP contribution is -2.19. The minimum absolute atomic E-state index is 0.0511. The number of nitrogens with one attached hydrogen (secondary N) is 1. The van der Waals surface area contributed by atoms with Crippen LogP contribution in [0.5, 0.6) is 5.75 Å². The van der Waals surface area contributed by atoms with Crippen LogP contribution in [0.4, 0.5) is 13.2 Å². The van der Waals surface area contributed by atoms with Crippen LogP contribution in [0.25, 0.3) is 6.08 Å². The molecule has 0 saturated carbocycles. The molecule has 1 aromatic rings. The Labute approximate surface area is 102 Å². The highest BCUT2D eigenvalue weighted by Gasteiger charge is 2.30. The van der Waals surface area contributed by atoms with E-state index in [9.17, 15) is 23.1 Å². The summed E-state index contributed by atoms with van der Waals surface area (Å²) in [6.07, 6.45) is -1.68. The molecule has 0 radical (unpaired) electrons. The predicted octanol–water partition coefficient (Wildman–Crippen LogP) is 2.56. The molecule has 1 aromatic carbocycles. The van der Waals surface area contributed by atoms with E-state index in [4.69, 9.17) is 0 Å². The molecule has 0 bridgehead atoms. The molecule has 6 heteroatoms. The maximum Gasteiger partial charge on any atom is 0.416 e. The Morgan fingerprint density at radius 3 is 2.67 bits per heavy atom. The molecule has 3 nitrogen and oxygen atoms in total. The van der Waals surface area contributed by atoms with Crippen LogP contribution >= 0.6 is 0 Å². The highest BCUT2D eigenvalue weighted by molar-refractivity contribution is 5.73. The number of carbonyl (C=O) groups is 1. The van der Waals surface area contributed by atoms with Crippen LogP contribution in [0.1, 0.15) is 18.1 Å². The fourth-order valence-electron chi connectivity index (χ4n) is 1.25. The lowest BCUT2D eigenvalue weighted by Gasteiger charge is -2.08. The number of benzene rings is 1. The van der Waals surface area contributed by atoms with Crippen molar-refractivity contribution in [2.45, 2.75) is 13.1 Å². The highest BCUT2D eigenvalue weighted by Crippen LogP contribution is 2.32. The molecule has 0 saturated heterocycles. The van der Waals surface area contributed by atoms with Crippen molar-refractivity contribution in [1.29, 1.82) is 0 Å². The van der Waals surface area contributed by atoms with Gasteiger partial charge in [0.2, 0.25) is 5.91 Å². The molecule has 0 fully saturated rings. The zero-order valence-corrected chi connectivity index (χ0v) is 9.58. The second-order valence-electron chi connectivity index (χ2n) is 3.61. The second-order valence-corrected chi connectivity index (χ2v) is 3.61. The summed E-state index contributed by atoms with van der Waals surface area (Å²) in [7, 11) is 0. The highest BCUT2D eigenvalue weighted by atomic mass is 19.4. The summed E-state index contributed by atoms with van der Waals surface area (Å²) in [6.45, 7) is 1.51. The van der Waals surface area contributed by atoms with Crippen molar-refractivity contribution >= 4 is 12.0 Å². The lowest BCUT2D eigenvalue weighted by atomic mass is 10.1. The maximum absolute atomic E-state index is 12.4. The van der Waals surface area contributed by atoms with Gasteiger partial charge in [-0.2, -0.15) is 13.2 Å². The normalized spacial score (nSPS) is 11.8. The first-order valence-electron chi connectivity index (χ1n) is 5.12. The molecule has 2 N–H and O–H groups in total. The first kappa shape index (κ1) is 14.1. The summed E-state index contributed by atoms with van der Waals surface area (Å²) in [5, 5.41) is 11.9. The monoisotopic (exact) mass is 259 g/mol. The van der Waals surface area contributed by atoms with E-state index in [1.807, 2.05) is 0 Å². The Morgan fingerprint density at radius 1 is 1.44 bits per heavy atom. The van der Waals surface area contributed by atoms with Crippen molar-refractivity contribution in [3.05, 3.63) is 35.4 Å². The van der Waals surface area contributed by atoms with E-state index in [-0.39, 0.29) is 23.8 Å². The van der Waals surface area contributed by atoms with Gasteiger partial charge in [-0.1, -0.05) is 12.2 Å². The topological polar surface area (TPSA) is 49.3 Å². The average Bonchev–Trinajstić information content (AvgIpc) is 2.24. The van der Waals surface area contributed by atoms with Crippen molar-refractivity contribution < 1.29 is 23.1 Å². The van der Waals surface area contributed by atoms with Gasteiger partial charge in [-0.3, -0.25) is 4.79 Å². The van der Waals surface area contributed by atoms with Crippen LogP contribution in [0.3, 0.4) is 0 Å². The van der Waals surface area contributed by atoms with Gasteiger partial charge < -0.3 is 10.4 Å². The van der Waals surface area contributed by atoms with Gasteiger partial charge in [-0.05, 0) is 18.2 Å². The molecule has 98 valence electrons. The summed E-state index contributed by atoms with van der Waals surface area (Å²) in [5.74, 6) is -0.491. The van der Waals surface area contributed by atoms with Crippen LogP contribution < -0.4 is 5.32 Å². The van der Waals surface area contributed by atoms with Gasteiger partial charge in [-0.25, -0.2) is 0 Å². The number of phenols is 1. The SMILES string of the molecule is CC(=O)NCC=Cc1cc(C(F)(F)F)ccc1O. The second kappa shape index (κ2) is 5.57. The molecule has 0 atom stereocenters. The Hall–Kier alpha value is -1.98. The average molecular weight is 259 g/mol. The molecular formula is C12H12F3NO2. The van der Waals surface area contributed by atoms with Crippen LogP contribution in [-0.4, -0.2) is 17.6 Å². The van der Waals surface area contributed by atoms with Gasteiger partial charge in [0, 0.05) is 19.0 Å².